The fraction of sp³-hybridized carbons (Fsp3) is 0.667. The molecule has 1 saturated carbocycles. The van der Waals surface area contributed by atoms with Gasteiger partial charge in [-0.3, -0.25) is 4.99 Å². The van der Waals surface area contributed by atoms with Crippen molar-refractivity contribution in [1.29, 1.82) is 0 Å². The monoisotopic (exact) mass is 221 g/mol. The van der Waals surface area contributed by atoms with Crippen molar-refractivity contribution in [2.75, 3.05) is 0 Å². The lowest BCUT2D eigenvalue weighted by Crippen LogP contribution is -2.25. The molecule has 88 valence electrons. The normalized spacial score (nSPS) is 18.9. The number of oxazole rings is 1. The molecule has 2 rings (SSSR count). The molecule has 2 N–H and O–H groups in total. The number of hydrogen-bond donors (Lipinski definition) is 1. The number of amidine groups is 1. The Morgan fingerprint density at radius 3 is 2.88 bits per heavy atom. The maximum Gasteiger partial charge on any atom is 0.216 e. The van der Waals surface area contributed by atoms with E-state index in [4.69, 9.17) is 10.2 Å². The van der Waals surface area contributed by atoms with Crippen molar-refractivity contribution in [3.05, 3.63) is 17.8 Å². The number of rotatable bonds is 3. The van der Waals surface area contributed by atoms with Crippen molar-refractivity contribution in [3.63, 3.8) is 0 Å². The van der Waals surface area contributed by atoms with Gasteiger partial charge >= 0.3 is 0 Å². The molecule has 4 nitrogen and oxygen atoms in total. The molecular weight excluding hydrogens is 202 g/mol. The maximum atomic E-state index is 5.98. The van der Waals surface area contributed by atoms with Crippen LogP contribution in [0.3, 0.4) is 0 Å². The van der Waals surface area contributed by atoms with E-state index in [2.05, 4.69) is 9.98 Å². The van der Waals surface area contributed by atoms with Gasteiger partial charge in [0.2, 0.25) is 5.89 Å². The Hall–Kier alpha value is -1.32. The van der Waals surface area contributed by atoms with Crippen molar-refractivity contribution in [1.82, 2.24) is 4.98 Å². The maximum absolute atomic E-state index is 5.98. The van der Waals surface area contributed by atoms with Gasteiger partial charge < -0.3 is 10.2 Å². The third-order valence-electron chi connectivity index (χ3n) is 3.09. The average molecular weight is 221 g/mol. The summed E-state index contributed by atoms with van der Waals surface area (Å²) in [6.07, 6.45) is 7.96. The molecule has 0 spiro atoms. The first-order chi connectivity index (χ1) is 7.75. The van der Waals surface area contributed by atoms with E-state index in [9.17, 15) is 0 Å². The Bertz CT molecular complexity index is 364. The smallest absolute Gasteiger partial charge is 0.216 e. The highest BCUT2D eigenvalue weighted by Crippen LogP contribution is 2.23. The lowest BCUT2D eigenvalue weighted by molar-refractivity contribution is 0.434. The summed E-state index contributed by atoms with van der Waals surface area (Å²) in [5.41, 5.74) is 5.98. The molecule has 0 aliphatic heterocycles. The fourth-order valence-electron chi connectivity index (χ4n) is 2.16. The third-order valence-corrected chi connectivity index (χ3v) is 3.09. The van der Waals surface area contributed by atoms with Crippen LogP contribution in [0.5, 0.6) is 0 Å². The van der Waals surface area contributed by atoms with Gasteiger partial charge in [-0.2, -0.15) is 0 Å². The van der Waals surface area contributed by atoms with Crippen molar-refractivity contribution in [3.8, 4) is 0 Å². The molecular formula is C12H19N3O. The lowest BCUT2D eigenvalue weighted by atomic mass is 9.88. The summed E-state index contributed by atoms with van der Waals surface area (Å²) in [4.78, 5) is 8.47. The number of nitrogens with zero attached hydrogens (tertiary/aromatic N) is 2. The van der Waals surface area contributed by atoms with E-state index in [1.165, 1.54) is 32.1 Å². The minimum absolute atomic E-state index is 0.468. The lowest BCUT2D eigenvalue weighted by Gasteiger charge is -2.20. The first-order valence-electron chi connectivity index (χ1n) is 5.97. The molecule has 0 radical (unpaired) electrons. The molecule has 1 aliphatic rings. The standard InChI is InChI=1S/C12H19N3O/c1-9-7-14-11(16-9)8-15-12(13)10-5-3-2-4-6-10/h7,10H,2-6,8H2,1H3,(H2,13,15). The van der Waals surface area contributed by atoms with Crippen molar-refractivity contribution in [2.45, 2.75) is 45.6 Å². The Kier molecular flexibility index (Phi) is 3.59. The van der Waals surface area contributed by atoms with E-state index in [0.717, 1.165) is 11.6 Å². The van der Waals surface area contributed by atoms with Gasteiger partial charge in [0, 0.05) is 5.92 Å². The number of aliphatic imine (C=N–C) groups is 1. The second kappa shape index (κ2) is 5.14. The van der Waals surface area contributed by atoms with Gasteiger partial charge in [0.15, 0.2) is 0 Å². The van der Waals surface area contributed by atoms with Gasteiger partial charge in [-0.15, -0.1) is 0 Å². The number of nitrogens with two attached hydrogens (primary N) is 1. The van der Waals surface area contributed by atoms with E-state index >= 15 is 0 Å². The third kappa shape index (κ3) is 2.84. The molecule has 0 unspecified atom stereocenters. The van der Waals surface area contributed by atoms with Crippen LogP contribution < -0.4 is 5.73 Å². The predicted molar refractivity (Wildman–Crippen MR) is 63.1 cm³/mol. The van der Waals surface area contributed by atoms with Gasteiger partial charge in [0.25, 0.3) is 0 Å². The summed E-state index contributed by atoms with van der Waals surface area (Å²) in [5, 5.41) is 0. The number of aryl methyl sites for hydroxylation is 1. The molecule has 4 heteroatoms. The van der Waals surface area contributed by atoms with E-state index < -0.39 is 0 Å². The van der Waals surface area contributed by atoms with Crippen molar-refractivity contribution in [2.24, 2.45) is 16.6 Å². The minimum atomic E-state index is 0.468. The second-order valence-corrected chi connectivity index (χ2v) is 4.44. The molecule has 0 atom stereocenters. The van der Waals surface area contributed by atoms with E-state index in [1.54, 1.807) is 6.20 Å². The molecule has 0 bridgehead atoms. The molecule has 0 aromatic carbocycles. The van der Waals surface area contributed by atoms with Crippen LogP contribution in [0.25, 0.3) is 0 Å². The summed E-state index contributed by atoms with van der Waals surface area (Å²) in [6.45, 7) is 2.35. The topological polar surface area (TPSA) is 64.4 Å². The van der Waals surface area contributed by atoms with Crippen LogP contribution >= 0.6 is 0 Å². The number of hydrogen-bond acceptors (Lipinski definition) is 3. The van der Waals surface area contributed by atoms with Gasteiger partial charge in [-0.25, -0.2) is 4.98 Å². The Morgan fingerprint density at radius 1 is 1.50 bits per heavy atom. The highest BCUT2D eigenvalue weighted by atomic mass is 16.4. The Balaban J connectivity index is 1.90. The average Bonchev–Trinajstić information content (AvgIpc) is 2.73. The van der Waals surface area contributed by atoms with Crippen LogP contribution in [0, 0.1) is 12.8 Å². The molecule has 0 saturated heterocycles. The summed E-state index contributed by atoms with van der Waals surface area (Å²) < 4.78 is 5.35. The van der Waals surface area contributed by atoms with E-state index in [1.807, 2.05) is 6.92 Å². The quantitative estimate of drug-likeness (QED) is 0.629. The molecule has 1 heterocycles. The fourth-order valence-corrected chi connectivity index (χ4v) is 2.16. The first kappa shape index (κ1) is 11.2. The minimum Gasteiger partial charge on any atom is -0.444 e. The van der Waals surface area contributed by atoms with Crippen LogP contribution in [-0.4, -0.2) is 10.8 Å². The Labute approximate surface area is 96.0 Å². The van der Waals surface area contributed by atoms with Gasteiger partial charge in [-0.1, -0.05) is 19.3 Å². The van der Waals surface area contributed by atoms with Crippen LogP contribution in [0.15, 0.2) is 15.6 Å². The van der Waals surface area contributed by atoms with Crippen LogP contribution in [0.2, 0.25) is 0 Å². The molecule has 1 aliphatic carbocycles. The van der Waals surface area contributed by atoms with Crippen LogP contribution in [-0.2, 0) is 6.54 Å². The summed E-state index contributed by atoms with van der Waals surface area (Å²) in [6, 6.07) is 0. The molecule has 16 heavy (non-hydrogen) atoms. The molecule has 1 aromatic heterocycles. The molecule has 1 fully saturated rings. The van der Waals surface area contributed by atoms with Crippen molar-refractivity contribution >= 4 is 5.84 Å². The molecule has 1 aromatic rings. The highest BCUT2D eigenvalue weighted by Gasteiger charge is 2.16. The SMILES string of the molecule is Cc1cnc(CN=C(N)C2CCCCC2)o1. The largest absolute Gasteiger partial charge is 0.444 e. The summed E-state index contributed by atoms with van der Waals surface area (Å²) in [5.74, 6) is 2.72. The van der Waals surface area contributed by atoms with Crippen LogP contribution in [0.1, 0.15) is 43.8 Å². The number of aromatic nitrogens is 1. The van der Waals surface area contributed by atoms with E-state index in [0.29, 0.717) is 18.4 Å². The zero-order valence-electron chi connectivity index (χ0n) is 9.78. The molecule has 0 amide bonds. The van der Waals surface area contributed by atoms with Gasteiger partial charge in [-0.05, 0) is 19.8 Å². The van der Waals surface area contributed by atoms with Gasteiger partial charge in [0.05, 0.1) is 12.0 Å². The Morgan fingerprint density at radius 2 is 2.25 bits per heavy atom. The zero-order valence-corrected chi connectivity index (χ0v) is 9.78. The zero-order chi connectivity index (χ0) is 11.4. The van der Waals surface area contributed by atoms with E-state index in [-0.39, 0.29) is 0 Å². The summed E-state index contributed by atoms with van der Waals surface area (Å²) in [7, 11) is 0. The highest BCUT2D eigenvalue weighted by molar-refractivity contribution is 5.82. The second-order valence-electron chi connectivity index (χ2n) is 4.44. The van der Waals surface area contributed by atoms with Crippen molar-refractivity contribution < 1.29 is 4.42 Å². The van der Waals surface area contributed by atoms with Crippen LogP contribution in [0.4, 0.5) is 0 Å². The van der Waals surface area contributed by atoms with Gasteiger partial charge in [0.1, 0.15) is 12.3 Å². The predicted octanol–water partition coefficient (Wildman–Crippen LogP) is 2.42. The summed E-state index contributed by atoms with van der Waals surface area (Å²) >= 11 is 0. The first-order valence-corrected chi connectivity index (χ1v) is 5.97.